The molecule has 0 heterocycles. The van der Waals surface area contributed by atoms with Crippen molar-refractivity contribution in [3.63, 3.8) is 0 Å². The molecule has 1 nitrogen and oxygen atoms in total. The Morgan fingerprint density at radius 1 is 1.57 bits per heavy atom. The van der Waals surface area contributed by atoms with Crippen molar-refractivity contribution < 1.29 is 17.0 Å². The number of hydrogen-bond acceptors (Lipinski definition) is 1. The normalized spacial score (nSPS) is 9.57. The van der Waals surface area contributed by atoms with Crippen LogP contribution in [0.1, 0.15) is 13.3 Å². The van der Waals surface area contributed by atoms with E-state index in [1.807, 2.05) is 0 Å². The van der Waals surface area contributed by atoms with Crippen molar-refractivity contribution in [1.29, 1.82) is 0 Å². The van der Waals surface area contributed by atoms with E-state index in [0.717, 1.165) is 6.42 Å². The Balaban J connectivity index is 3.35. The van der Waals surface area contributed by atoms with Gasteiger partial charge >= 0.3 is 53.7 Å². The van der Waals surface area contributed by atoms with Crippen molar-refractivity contribution in [3.05, 3.63) is 0 Å². The van der Waals surface area contributed by atoms with E-state index in [1.165, 1.54) is 4.35 Å². The number of rotatable bonds is 2. The molecule has 0 spiro atoms. The van der Waals surface area contributed by atoms with Crippen LogP contribution in [0, 0.1) is 0 Å². The van der Waals surface area contributed by atoms with Gasteiger partial charge in [-0.1, -0.05) is 0 Å². The Hall–Kier alpha value is 0.414. The molecule has 0 amide bonds. The summed E-state index contributed by atoms with van der Waals surface area (Å²) in [6.07, 6.45) is 1.13. The van der Waals surface area contributed by atoms with Gasteiger partial charge in [0, 0.05) is 0 Å². The molecule has 0 unspecified atom stereocenters. The number of hydrogen-bond donors (Lipinski definition) is 0. The fourth-order valence-electron chi connectivity index (χ4n) is 0.316. The summed E-state index contributed by atoms with van der Waals surface area (Å²) in [4.78, 5) is 2.11. The van der Waals surface area contributed by atoms with Gasteiger partial charge in [-0.2, -0.15) is 0 Å². The third kappa shape index (κ3) is 3.04. The summed E-state index contributed by atoms with van der Waals surface area (Å²) in [7, 11) is 4.11. The van der Waals surface area contributed by atoms with Gasteiger partial charge in [0.2, 0.25) is 0 Å². The summed E-state index contributed by atoms with van der Waals surface area (Å²) in [5.74, 6) is 0. The van der Waals surface area contributed by atoms with E-state index in [0.29, 0.717) is 0 Å². The molecule has 0 aliphatic heterocycles. The molecule has 2 heteroatoms. The van der Waals surface area contributed by atoms with Crippen molar-refractivity contribution in [2.45, 2.75) is 13.3 Å². The van der Waals surface area contributed by atoms with Crippen LogP contribution in [0.3, 0.4) is 0 Å². The zero-order chi connectivity index (χ0) is 5.86. The van der Waals surface area contributed by atoms with Crippen molar-refractivity contribution in [1.82, 2.24) is 4.90 Å². The molecule has 0 aromatic carbocycles. The minimum atomic E-state index is 1.13. The molecule has 0 atom stereocenters. The predicted molar refractivity (Wildman–Crippen MR) is 29.0 cm³/mol. The van der Waals surface area contributed by atoms with Gasteiger partial charge in [-0.25, -0.2) is 0 Å². The maximum absolute atomic E-state index is 2.55. The summed E-state index contributed by atoms with van der Waals surface area (Å²) in [5, 5.41) is 0. The van der Waals surface area contributed by atoms with E-state index < -0.39 is 0 Å². The summed E-state index contributed by atoms with van der Waals surface area (Å²) in [6, 6.07) is 0. The fourth-order valence-corrected chi connectivity index (χ4v) is 0.316. The first-order chi connectivity index (χ1) is 3.18. The van der Waals surface area contributed by atoms with Crippen LogP contribution in [0.25, 0.3) is 0 Å². The molecule has 0 aliphatic rings. The third-order valence-electron chi connectivity index (χ3n) is 0.832. The van der Waals surface area contributed by atoms with Crippen LogP contribution >= 0.6 is 0 Å². The van der Waals surface area contributed by atoms with Gasteiger partial charge in [0.15, 0.2) is 0 Å². The second-order valence-corrected chi connectivity index (χ2v) is 2.47. The molecule has 7 heavy (non-hydrogen) atoms. The Bertz CT molecular complexity index is 68.5. The third-order valence-corrected chi connectivity index (χ3v) is 1.95. The van der Waals surface area contributed by atoms with Crippen molar-refractivity contribution in [3.8, 4) is 0 Å². The topological polar surface area (TPSA) is 3.24 Å². The van der Waals surface area contributed by atoms with Gasteiger partial charge in [-0.15, -0.1) is 0 Å². The van der Waals surface area contributed by atoms with E-state index >= 15 is 0 Å². The molecule has 0 saturated heterocycles. The Morgan fingerprint density at radius 2 is 2.00 bits per heavy atom. The van der Waals surface area contributed by atoms with E-state index in [2.05, 4.69) is 42.9 Å². The minimum absolute atomic E-state index is 1.13. The van der Waals surface area contributed by atoms with Crippen LogP contribution in [0.2, 0.25) is 0 Å². The van der Waals surface area contributed by atoms with E-state index in [1.54, 1.807) is 0 Å². The van der Waals surface area contributed by atoms with E-state index in [4.69, 9.17) is 0 Å². The second-order valence-electron chi connectivity index (χ2n) is 1.66. The van der Waals surface area contributed by atoms with Crippen molar-refractivity contribution >= 4 is 4.35 Å². The fraction of sp³-hybridized carbons (Fsp3) is 0.800. The Kier molecular flexibility index (Phi) is 3.62. The summed E-state index contributed by atoms with van der Waals surface area (Å²) in [5.41, 5.74) is 0. The standard InChI is InChI=1S/C5H11N.V/c1-4-5-6(2)3;/h4H2,1-3H3;. The first kappa shape index (κ1) is 7.41. The average molecular weight is 136 g/mol. The monoisotopic (exact) mass is 136 g/mol. The first-order valence-electron chi connectivity index (χ1n) is 2.40. The molecule has 41 valence electrons. The summed E-state index contributed by atoms with van der Waals surface area (Å²) < 4.78 is 1.37. The second kappa shape index (κ2) is 3.42. The summed E-state index contributed by atoms with van der Waals surface area (Å²) >= 11 is 2.55. The van der Waals surface area contributed by atoms with Gasteiger partial charge in [0.05, 0.1) is 0 Å². The van der Waals surface area contributed by atoms with Crippen LogP contribution in [0.15, 0.2) is 0 Å². The average Bonchev–Trinajstić information content (AvgIpc) is 1.65. The van der Waals surface area contributed by atoms with Gasteiger partial charge < -0.3 is 0 Å². The van der Waals surface area contributed by atoms with Gasteiger partial charge in [0.25, 0.3) is 0 Å². The SMILES string of the molecule is CC[C](=[V])N(C)C. The molecule has 0 aromatic rings. The van der Waals surface area contributed by atoms with Crippen LogP contribution in [0.4, 0.5) is 0 Å². The van der Waals surface area contributed by atoms with Crippen LogP contribution in [0.5, 0.6) is 0 Å². The quantitative estimate of drug-likeness (QED) is 0.538. The summed E-state index contributed by atoms with van der Waals surface area (Å²) in [6.45, 7) is 2.15. The van der Waals surface area contributed by atoms with Gasteiger partial charge in [0.1, 0.15) is 0 Å². The van der Waals surface area contributed by atoms with Crippen LogP contribution in [-0.2, 0) is 17.0 Å². The molecule has 0 aliphatic carbocycles. The molecule has 0 N–H and O–H groups in total. The number of nitrogens with zero attached hydrogens (tertiary/aromatic N) is 1. The van der Waals surface area contributed by atoms with Crippen molar-refractivity contribution in [2.24, 2.45) is 0 Å². The van der Waals surface area contributed by atoms with Gasteiger partial charge in [-0.05, 0) is 0 Å². The van der Waals surface area contributed by atoms with E-state index in [-0.39, 0.29) is 0 Å². The Morgan fingerprint density at radius 3 is 2.00 bits per heavy atom. The molecular formula is C5H11NV. The zero-order valence-electron chi connectivity index (χ0n) is 5.10. The molecule has 0 radical (unpaired) electrons. The molecule has 0 bridgehead atoms. The molecule has 0 fully saturated rings. The van der Waals surface area contributed by atoms with Gasteiger partial charge in [-0.3, -0.25) is 0 Å². The maximum atomic E-state index is 2.55. The van der Waals surface area contributed by atoms with E-state index in [9.17, 15) is 0 Å². The first-order valence-corrected chi connectivity index (χ1v) is 3.10. The molecule has 0 saturated carbocycles. The van der Waals surface area contributed by atoms with Crippen LogP contribution in [-0.4, -0.2) is 23.3 Å². The Labute approximate surface area is 54.2 Å². The molecular weight excluding hydrogens is 125 g/mol. The molecule has 0 aromatic heterocycles. The zero-order valence-corrected chi connectivity index (χ0v) is 6.50. The molecule has 0 rings (SSSR count). The predicted octanol–water partition coefficient (Wildman–Crippen LogP) is 0.635. The van der Waals surface area contributed by atoms with Crippen molar-refractivity contribution in [2.75, 3.05) is 14.1 Å². The van der Waals surface area contributed by atoms with Crippen LogP contribution < -0.4 is 0 Å².